The molecule has 0 heterocycles. The van der Waals surface area contributed by atoms with E-state index in [1.165, 1.54) is 0 Å². The lowest BCUT2D eigenvalue weighted by Gasteiger charge is -2.33. The van der Waals surface area contributed by atoms with Gasteiger partial charge in [-0.05, 0) is 43.5 Å². The van der Waals surface area contributed by atoms with Crippen LogP contribution in [0, 0.1) is 0 Å². The zero-order valence-electron chi connectivity index (χ0n) is 16.4. The van der Waals surface area contributed by atoms with Crippen molar-refractivity contribution in [1.82, 2.24) is 4.72 Å². The van der Waals surface area contributed by atoms with E-state index in [0.717, 1.165) is 16.7 Å². The average Bonchev–Trinajstić information content (AvgIpc) is 2.69. The van der Waals surface area contributed by atoms with Crippen LogP contribution >= 0.6 is 11.6 Å². The van der Waals surface area contributed by atoms with E-state index in [1.807, 2.05) is 81.4 Å². The molecule has 28 heavy (non-hydrogen) atoms. The quantitative estimate of drug-likeness (QED) is 0.485. The van der Waals surface area contributed by atoms with Gasteiger partial charge < -0.3 is 4.55 Å². The Balaban J connectivity index is 2.15. The Morgan fingerprint density at radius 1 is 0.786 bits per heavy atom. The van der Waals surface area contributed by atoms with Crippen LogP contribution < -0.4 is 4.72 Å². The molecule has 0 aliphatic carbocycles. The predicted octanol–water partition coefficient (Wildman–Crippen LogP) is 6.27. The molecule has 0 amide bonds. The first-order valence-electron chi connectivity index (χ1n) is 9.40. The summed E-state index contributed by atoms with van der Waals surface area (Å²) in [5.74, 6) is -0.0337. The molecule has 0 saturated heterocycles. The molecule has 1 N–H and O–H groups in total. The van der Waals surface area contributed by atoms with Gasteiger partial charge in [0.1, 0.15) is 4.75 Å². The van der Waals surface area contributed by atoms with Crippen LogP contribution in [0.1, 0.15) is 49.4 Å². The van der Waals surface area contributed by atoms with Crippen LogP contribution in [-0.4, -0.2) is 9.30 Å². The van der Waals surface area contributed by atoms with Crippen molar-refractivity contribution in [3.8, 4) is 0 Å². The smallest absolute Gasteiger partial charge is 0.136 e. The van der Waals surface area contributed by atoms with Crippen LogP contribution in [0.3, 0.4) is 0 Å². The summed E-state index contributed by atoms with van der Waals surface area (Å²) in [4.78, 5) is 0. The van der Waals surface area contributed by atoms with E-state index in [-0.39, 0.29) is 12.0 Å². The maximum atomic E-state index is 13.1. The van der Waals surface area contributed by atoms with Crippen LogP contribution in [0.25, 0.3) is 0 Å². The van der Waals surface area contributed by atoms with Gasteiger partial charge in [-0.25, -0.2) is 0 Å². The summed E-state index contributed by atoms with van der Waals surface area (Å²) in [7, 11) is 0. The Morgan fingerprint density at radius 2 is 1.25 bits per heavy atom. The monoisotopic (exact) mass is 411 g/mol. The number of halogens is 1. The summed E-state index contributed by atoms with van der Waals surface area (Å²) in [5.41, 5.74) is 3.24. The average molecular weight is 412 g/mol. The molecule has 3 rings (SSSR count). The fourth-order valence-electron chi connectivity index (χ4n) is 3.23. The number of nitrogens with one attached hydrogen (secondary N) is 1. The zero-order valence-corrected chi connectivity index (χ0v) is 18.0. The van der Waals surface area contributed by atoms with Crippen molar-refractivity contribution >= 4 is 23.0 Å². The lowest BCUT2D eigenvalue weighted by Crippen LogP contribution is -2.43. The van der Waals surface area contributed by atoms with E-state index in [1.54, 1.807) is 0 Å². The Bertz CT molecular complexity index is 840. The van der Waals surface area contributed by atoms with Gasteiger partial charge in [0.2, 0.25) is 0 Å². The van der Waals surface area contributed by atoms with Crippen molar-refractivity contribution < 1.29 is 4.55 Å². The van der Waals surface area contributed by atoms with E-state index in [2.05, 4.69) is 29.0 Å². The van der Waals surface area contributed by atoms with Crippen LogP contribution in [0.2, 0.25) is 5.02 Å². The zero-order chi connectivity index (χ0) is 20.1. The normalized spacial score (nSPS) is 14.1. The van der Waals surface area contributed by atoms with Crippen molar-refractivity contribution in [2.75, 3.05) is 0 Å². The number of rotatable bonds is 6. The second-order valence-electron chi connectivity index (χ2n) is 7.80. The van der Waals surface area contributed by atoms with Crippen molar-refractivity contribution in [2.45, 2.75) is 37.5 Å². The van der Waals surface area contributed by atoms with Crippen LogP contribution in [-0.2, 0) is 11.4 Å². The standard InChI is InChI=1S/C24H26ClNOS/c1-24(2,3)28(27)26-23(20-16-10-11-17-21(20)25)22(18-12-6-4-7-13-18)19-14-8-5-9-15-19/h4-17,22-23,26H,1-3H3/t23-,28?/m0/s1. The molecule has 146 valence electrons. The van der Waals surface area contributed by atoms with Gasteiger partial charge in [0, 0.05) is 22.3 Å². The molecule has 0 aromatic heterocycles. The fourth-order valence-corrected chi connectivity index (χ4v) is 4.33. The second-order valence-corrected chi connectivity index (χ2v) is 10.2. The molecule has 2 atom stereocenters. The molecule has 0 radical (unpaired) electrons. The fraction of sp³-hybridized carbons (Fsp3) is 0.250. The highest BCUT2D eigenvalue weighted by atomic mass is 35.5. The van der Waals surface area contributed by atoms with Gasteiger partial charge in [0.05, 0.1) is 6.04 Å². The van der Waals surface area contributed by atoms with Gasteiger partial charge in [-0.1, -0.05) is 90.5 Å². The summed E-state index contributed by atoms with van der Waals surface area (Å²) < 4.78 is 16.1. The highest BCUT2D eigenvalue weighted by Crippen LogP contribution is 2.40. The van der Waals surface area contributed by atoms with E-state index in [9.17, 15) is 4.55 Å². The van der Waals surface area contributed by atoms with Gasteiger partial charge in [0.25, 0.3) is 0 Å². The second kappa shape index (κ2) is 9.15. The maximum Gasteiger partial charge on any atom is 0.136 e. The first-order chi connectivity index (χ1) is 13.4. The van der Waals surface area contributed by atoms with Crippen LogP contribution in [0.15, 0.2) is 84.9 Å². The van der Waals surface area contributed by atoms with E-state index >= 15 is 0 Å². The van der Waals surface area contributed by atoms with Crippen LogP contribution in [0.4, 0.5) is 0 Å². The molecule has 0 saturated carbocycles. The highest BCUT2D eigenvalue weighted by molar-refractivity contribution is 7.90. The first kappa shape index (κ1) is 20.9. The molecule has 0 bridgehead atoms. The third kappa shape index (κ3) is 4.98. The minimum atomic E-state index is -1.25. The lowest BCUT2D eigenvalue weighted by molar-refractivity contribution is 0.505. The summed E-state index contributed by atoms with van der Waals surface area (Å²) in [6.45, 7) is 5.92. The molecule has 0 aliphatic heterocycles. The van der Waals surface area contributed by atoms with E-state index < -0.39 is 16.1 Å². The first-order valence-corrected chi connectivity index (χ1v) is 10.9. The minimum Gasteiger partial charge on any atom is -0.598 e. The van der Waals surface area contributed by atoms with Gasteiger partial charge >= 0.3 is 0 Å². The van der Waals surface area contributed by atoms with Crippen molar-refractivity contribution in [2.24, 2.45) is 0 Å². The van der Waals surface area contributed by atoms with E-state index in [4.69, 9.17) is 11.6 Å². The SMILES string of the molecule is CC(C)(C)[S+]([O-])N[C@@H](c1ccccc1Cl)C(c1ccccc1)c1ccccc1. The third-order valence-electron chi connectivity index (χ3n) is 4.68. The summed E-state index contributed by atoms with van der Waals surface area (Å²) >= 11 is 5.34. The molecule has 4 heteroatoms. The topological polar surface area (TPSA) is 35.1 Å². The van der Waals surface area contributed by atoms with Gasteiger partial charge in [-0.3, -0.25) is 0 Å². The molecular formula is C24H26ClNOS. The molecular weight excluding hydrogens is 386 g/mol. The molecule has 3 aromatic rings. The van der Waals surface area contributed by atoms with Crippen molar-refractivity contribution in [3.05, 3.63) is 107 Å². The van der Waals surface area contributed by atoms with Crippen molar-refractivity contribution in [3.63, 3.8) is 0 Å². The van der Waals surface area contributed by atoms with Gasteiger partial charge in [-0.15, -0.1) is 4.72 Å². The molecule has 2 nitrogen and oxygen atoms in total. The summed E-state index contributed by atoms with van der Waals surface area (Å²) in [6.07, 6.45) is 0. The molecule has 1 unspecified atom stereocenters. The largest absolute Gasteiger partial charge is 0.598 e. The number of hydrogen-bond acceptors (Lipinski definition) is 2. The molecule has 0 spiro atoms. The van der Waals surface area contributed by atoms with E-state index in [0.29, 0.717) is 5.02 Å². The third-order valence-corrected chi connectivity index (χ3v) is 6.61. The minimum absolute atomic E-state index is 0.0337. The van der Waals surface area contributed by atoms with Crippen LogP contribution in [0.5, 0.6) is 0 Å². The summed E-state index contributed by atoms with van der Waals surface area (Å²) in [6, 6.07) is 28.2. The summed E-state index contributed by atoms with van der Waals surface area (Å²) in [5, 5.41) is 0.669. The maximum absolute atomic E-state index is 13.1. The number of hydrogen-bond donors (Lipinski definition) is 1. The molecule has 3 aromatic carbocycles. The molecule has 0 fully saturated rings. The Kier molecular flexibility index (Phi) is 6.84. The Morgan fingerprint density at radius 3 is 1.71 bits per heavy atom. The lowest BCUT2D eigenvalue weighted by atomic mass is 9.82. The van der Waals surface area contributed by atoms with Crippen molar-refractivity contribution in [1.29, 1.82) is 0 Å². The number of benzene rings is 3. The van der Waals surface area contributed by atoms with Gasteiger partial charge in [0.15, 0.2) is 0 Å². The Hall–Kier alpha value is -1.78. The van der Waals surface area contributed by atoms with Gasteiger partial charge in [-0.2, -0.15) is 0 Å². The molecule has 0 aliphatic rings. The highest BCUT2D eigenvalue weighted by Gasteiger charge is 2.35. The predicted molar refractivity (Wildman–Crippen MR) is 120 cm³/mol. The Labute approximate surface area is 176 Å².